The van der Waals surface area contributed by atoms with E-state index in [4.69, 9.17) is 0 Å². The molecule has 0 saturated carbocycles. The molecule has 1 aromatic heterocycles. The van der Waals surface area contributed by atoms with Crippen molar-refractivity contribution in [3.63, 3.8) is 0 Å². The molecule has 0 saturated heterocycles. The topological polar surface area (TPSA) is 49.3 Å². The Kier molecular flexibility index (Phi) is 4.49. The van der Waals surface area contributed by atoms with Crippen molar-refractivity contribution in [3.05, 3.63) is 64.5 Å². The zero-order chi connectivity index (χ0) is 13.7. The van der Waals surface area contributed by atoms with Gasteiger partial charge in [-0.1, -0.05) is 18.2 Å². The maximum atomic E-state index is 11.7. The van der Waals surface area contributed by atoms with Gasteiger partial charge in [-0.2, -0.15) is 0 Å². The number of carbonyl (C=O) groups is 1. The standard InChI is InChI=1S/C15H15NO2S/c1-11(17)12-4-2-5-13(10-12)16-8-7-14(18)15-6-3-9-19-15/h2-11,16-17H,1H3/b8-7+/t11-/m1/s1. The molecular weight excluding hydrogens is 258 g/mol. The average molecular weight is 273 g/mol. The fourth-order valence-corrected chi connectivity index (χ4v) is 2.25. The first-order valence-corrected chi connectivity index (χ1v) is 6.84. The molecule has 2 N–H and O–H groups in total. The summed E-state index contributed by atoms with van der Waals surface area (Å²) in [7, 11) is 0. The van der Waals surface area contributed by atoms with E-state index >= 15 is 0 Å². The fourth-order valence-electron chi connectivity index (χ4n) is 1.60. The van der Waals surface area contributed by atoms with Gasteiger partial charge in [-0.05, 0) is 36.1 Å². The highest BCUT2D eigenvalue weighted by Crippen LogP contribution is 2.17. The van der Waals surface area contributed by atoms with Crippen LogP contribution in [0.2, 0.25) is 0 Å². The summed E-state index contributed by atoms with van der Waals surface area (Å²) in [5.41, 5.74) is 1.68. The van der Waals surface area contributed by atoms with Gasteiger partial charge in [0.05, 0.1) is 11.0 Å². The zero-order valence-corrected chi connectivity index (χ0v) is 11.4. The van der Waals surface area contributed by atoms with E-state index in [2.05, 4.69) is 5.32 Å². The number of aliphatic hydroxyl groups is 1. The Morgan fingerprint density at radius 2 is 2.21 bits per heavy atom. The number of carbonyl (C=O) groups excluding carboxylic acids is 1. The summed E-state index contributed by atoms with van der Waals surface area (Å²) < 4.78 is 0. The van der Waals surface area contributed by atoms with E-state index in [1.807, 2.05) is 35.7 Å². The number of ketones is 1. The minimum atomic E-state index is -0.501. The molecule has 0 unspecified atom stereocenters. The molecule has 3 nitrogen and oxygen atoms in total. The van der Waals surface area contributed by atoms with Crippen molar-refractivity contribution in [2.24, 2.45) is 0 Å². The normalized spacial score (nSPS) is 12.5. The number of allylic oxidation sites excluding steroid dienone is 1. The molecule has 0 fully saturated rings. The second-order valence-electron chi connectivity index (χ2n) is 4.12. The molecule has 1 atom stereocenters. The Morgan fingerprint density at radius 3 is 2.89 bits per heavy atom. The lowest BCUT2D eigenvalue weighted by atomic mass is 10.1. The van der Waals surface area contributed by atoms with Gasteiger partial charge in [0.25, 0.3) is 0 Å². The smallest absolute Gasteiger partial charge is 0.197 e. The van der Waals surface area contributed by atoms with Crippen LogP contribution in [0.25, 0.3) is 0 Å². The lowest BCUT2D eigenvalue weighted by molar-refractivity contribution is 0.105. The minimum Gasteiger partial charge on any atom is -0.389 e. The Morgan fingerprint density at radius 1 is 1.37 bits per heavy atom. The summed E-state index contributed by atoms with van der Waals surface area (Å²) in [5, 5.41) is 14.4. The predicted molar refractivity (Wildman–Crippen MR) is 78.5 cm³/mol. The third-order valence-electron chi connectivity index (χ3n) is 2.62. The zero-order valence-electron chi connectivity index (χ0n) is 10.5. The molecule has 2 rings (SSSR count). The molecule has 0 aliphatic carbocycles. The highest BCUT2D eigenvalue weighted by molar-refractivity contribution is 7.12. The monoisotopic (exact) mass is 273 g/mol. The van der Waals surface area contributed by atoms with Gasteiger partial charge >= 0.3 is 0 Å². The Bertz CT molecular complexity index is 574. The van der Waals surface area contributed by atoms with Gasteiger partial charge in [-0.15, -0.1) is 11.3 Å². The second-order valence-corrected chi connectivity index (χ2v) is 5.07. The molecular formula is C15H15NO2S. The molecule has 0 amide bonds. The third-order valence-corrected chi connectivity index (χ3v) is 3.50. The number of hydrogen-bond acceptors (Lipinski definition) is 4. The van der Waals surface area contributed by atoms with E-state index in [1.54, 1.807) is 19.2 Å². The van der Waals surface area contributed by atoms with Crippen LogP contribution in [0.5, 0.6) is 0 Å². The quantitative estimate of drug-likeness (QED) is 0.646. The van der Waals surface area contributed by atoms with Crippen LogP contribution < -0.4 is 5.32 Å². The highest BCUT2D eigenvalue weighted by Gasteiger charge is 2.02. The van der Waals surface area contributed by atoms with Gasteiger partial charge in [0.2, 0.25) is 0 Å². The number of aliphatic hydroxyl groups excluding tert-OH is 1. The van der Waals surface area contributed by atoms with E-state index in [0.717, 1.165) is 16.1 Å². The molecule has 0 spiro atoms. The molecule has 1 heterocycles. The number of benzene rings is 1. The maximum absolute atomic E-state index is 11.7. The van der Waals surface area contributed by atoms with Crippen molar-refractivity contribution < 1.29 is 9.90 Å². The van der Waals surface area contributed by atoms with E-state index in [9.17, 15) is 9.90 Å². The molecule has 4 heteroatoms. The van der Waals surface area contributed by atoms with Crippen LogP contribution in [0, 0.1) is 0 Å². The number of thiophene rings is 1. The number of hydrogen-bond donors (Lipinski definition) is 2. The van der Waals surface area contributed by atoms with Crippen molar-refractivity contribution in [2.75, 3.05) is 5.32 Å². The second kappa shape index (κ2) is 6.31. The maximum Gasteiger partial charge on any atom is 0.197 e. The number of anilines is 1. The molecule has 1 aromatic carbocycles. The summed E-state index contributed by atoms with van der Waals surface area (Å²) >= 11 is 1.42. The van der Waals surface area contributed by atoms with Crippen molar-refractivity contribution in [3.8, 4) is 0 Å². The van der Waals surface area contributed by atoms with Crippen LogP contribution in [0.3, 0.4) is 0 Å². The van der Waals surface area contributed by atoms with Crippen LogP contribution in [0.1, 0.15) is 28.3 Å². The fraction of sp³-hybridized carbons (Fsp3) is 0.133. The van der Waals surface area contributed by atoms with Gasteiger partial charge in [0.15, 0.2) is 5.78 Å². The van der Waals surface area contributed by atoms with Gasteiger partial charge in [-0.25, -0.2) is 0 Å². The van der Waals surface area contributed by atoms with E-state index < -0.39 is 6.10 Å². The van der Waals surface area contributed by atoms with Gasteiger partial charge in [0, 0.05) is 18.0 Å². The summed E-state index contributed by atoms with van der Waals surface area (Å²) in [6.07, 6.45) is 2.61. The minimum absolute atomic E-state index is 0.0193. The lowest BCUT2D eigenvalue weighted by Crippen LogP contribution is -1.95. The molecule has 0 radical (unpaired) electrons. The van der Waals surface area contributed by atoms with Crippen LogP contribution in [0.4, 0.5) is 5.69 Å². The summed E-state index contributed by atoms with van der Waals surface area (Å²) in [6, 6.07) is 11.1. The number of nitrogens with one attached hydrogen (secondary N) is 1. The highest BCUT2D eigenvalue weighted by atomic mass is 32.1. The Balaban J connectivity index is 1.99. The lowest BCUT2D eigenvalue weighted by Gasteiger charge is -2.07. The summed E-state index contributed by atoms with van der Waals surface area (Å²) in [6.45, 7) is 1.72. The first-order chi connectivity index (χ1) is 9.16. The van der Waals surface area contributed by atoms with Gasteiger partial charge in [-0.3, -0.25) is 4.79 Å². The van der Waals surface area contributed by atoms with Crippen LogP contribution >= 0.6 is 11.3 Å². The van der Waals surface area contributed by atoms with Crippen molar-refractivity contribution in [1.82, 2.24) is 0 Å². The SMILES string of the molecule is C[C@@H](O)c1cccc(N/C=C/C(=O)c2cccs2)c1. The van der Waals surface area contributed by atoms with Crippen molar-refractivity contribution in [2.45, 2.75) is 13.0 Å². The van der Waals surface area contributed by atoms with Crippen LogP contribution in [0.15, 0.2) is 54.1 Å². The van der Waals surface area contributed by atoms with Crippen LogP contribution in [-0.2, 0) is 0 Å². The van der Waals surface area contributed by atoms with Crippen molar-refractivity contribution >= 4 is 22.8 Å². The van der Waals surface area contributed by atoms with Crippen LogP contribution in [-0.4, -0.2) is 10.9 Å². The van der Waals surface area contributed by atoms with Gasteiger partial charge < -0.3 is 10.4 Å². The number of rotatable bonds is 5. The molecule has 0 aliphatic rings. The Labute approximate surface area is 116 Å². The largest absolute Gasteiger partial charge is 0.389 e. The molecule has 0 aliphatic heterocycles. The molecule has 19 heavy (non-hydrogen) atoms. The molecule has 2 aromatic rings. The molecule has 0 bridgehead atoms. The van der Waals surface area contributed by atoms with Gasteiger partial charge in [0.1, 0.15) is 0 Å². The van der Waals surface area contributed by atoms with Crippen molar-refractivity contribution in [1.29, 1.82) is 0 Å². The predicted octanol–water partition coefficient (Wildman–Crippen LogP) is 3.61. The summed E-state index contributed by atoms with van der Waals surface area (Å²) in [5.74, 6) is -0.0193. The summed E-state index contributed by atoms with van der Waals surface area (Å²) in [4.78, 5) is 12.4. The Hall–Kier alpha value is -1.91. The average Bonchev–Trinajstić information content (AvgIpc) is 2.93. The third kappa shape index (κ3) is 3.77. The van der Waals surface area contributed by atoms with E-state index in [1.165, 1.54) is 17.4 Å². The molecule has 98 valence electrons. The van der Waals surface area contributed by atoms with E-state index in [0.29, 0.717) is 0 Å². The van der Waals surface area contributed by atoms with E-state index in [-0.39, 0.29) is 5.78 Å². The first kappa shape index (κ1) is 13.5. The first-order valence-electron chi connectivity index (χ1n) is 5.96.